The van der Waals surface area contributed by atoms with E-state index in [0.717, 1.165) is 79.0 Å². The Labute approximate surface area is 440 Å². The van der Waals surface area contributed by atoms with Crippen LogP contribution >= 0.6 is 0 Å². The summed E-state index contributed by atoms with van der Waals surface area (Å²) >= 11 is 0. The van der Waals surface area contributed by atoms with Crippen LogP contribution in [-0.2, 0) is 67.3 Å². The smallest absolute Gasteiger partial charge is 0.330 e. The van der Waals surface area contributed by atoms with Crippen molar-refractivity contribution in [1.29, 1.82) is 0 Å². The van der Waals surface area contributed by atoms with E-state index in [0.29, 0.717) is 52.0 Å². The molecule has 3 saturated carbocycles. The first-order valence-electron chi connectivity index (χ1n) is 25.4. The van der Waals surface area contributed by atoms with Crippen LogP contribution in [0.5, 0.6) is 11.5 Å². The maximum Gasteiger partial charge on any atom is 0.330 e. The van der Waals surface area contributed by atoms with Gasteiger partial charge in [0.25, 0.3) is 0 Å². The van der Waals surface area contributed by atoms with Crippen LogP contribution in [-0.4, -0.2) is 102 Å². The Morgan fingerprint density at radius 1 is 0.446 bits per heavy atom. The molecule has 2 aromatic carbocycles. The van der Waals surface area contributed by atoms with Gasteiger partial charge in [0.15, 0.2) is 0 Å². The zero-order valence-electron chi connectivity index (χ0n) is 44.4. The van der Waals surface area contributed by atoms with E-state index in [2.05, 4.69) is 62.8 Å². The number of hydrogen-bond donors (Lipinski definition) is 0. The molecule has 15 nitrogen and oxygen atoms in total. The fourth-order valence-electron chi connectivity index (χ4n) is 8.49. The van der Waals surface area contributed by atoms with Crippen LogP contribution in [0.15, 0.2) is 124 Å². The summed E-state index contributed by atoms with van der Waals surface area (Å²) in [7, 11) is 0. The van der Waals surface area contributed by atoms with Crippen LogP contribution in [0.4, 0.5) is 0 Å². The number of unbranched alkanes of at least 4 members (excludes halogenated alkanes) is 3. The summed E-state index contributed by atoms with van der Waals surface area (Å²) in [5.41, 5.74) is 2.06. The minimum atomic E-state index is -0.464. The van der Waals surface area contributed by atoms with Crippen molar-refractivity contribution < 1.29 is 71.4 Å². The third kappa shape index (κ3) is 27.9. The molecule has 0 aliphatic heterocycles. The van der Waals surface area contributed by atoms with Crippen LogP contribution in [0.1, 0.15) is 103 Å². The third-order valence-electron chi connectivity index (χ3n) is 12.2. The Balaban J connectivity index is 0.000000555. The lowest BCUT2D eigenvalue weighted by molar-refractivity contribution is -0.140. The lowest BCUT2D eigenvalue weighted by Crippen LogP contribution is -2.19. The van der Waals surface area contributed by atoms with E-state index in [4.69, 9.17) is 33.2 Å². The van der Waals surface area contributed by atoms with Gasteiger partial charge in [-0.15, -0.1) is 0 Å². The van der Waals surface area contributed by atoms with Gasteiger partial charge in [0.2, 0.25) is 0 Å². The highest BCUT2D eigenvalue weighted by atomic mass is 16.6. The Morgan fingerprint density at radius 2 is 0.770 bits per heavy atom. The van der Waals surface area contributed by atoms with Crippen molar-refractivity contribution in [3.05, 3.63) is 136 Å². The van der Waals surface area contributed by atoms with E-state index >= 15 is 0 Å². The molecule has 2 bridgehead atoms. The van der Waals surface area contributed by atoms with E-state index in [-0.39, 0.29) is 49.1 Å². The molecular formula is C59H82O15. The Kier molecular flexibility index (Phi) is 35.1. The molecule has 0 radical (unpaired) electrons. The monoisotopic (exact) mass is 1030 g/mol. The standard InChI is InChI=1S/C27H32O7.C12H18O4.C10H16.2C5H8O2/c1-5-25(28)33-18-16-30-15-17-31-23-11-7-21(8-12-23)27(3,4)22-9-13-24(14-10-22)32-19-20-34-26(29)6-2;1-3-11(13)15-9-7-5-6-8-10-16-12(14)4-2;1-2-9-7-4-5-8(6-7)10(9)3-1;2*1-3-5(6)7-4-2/h5-14H,1-2,15-20H2,3-4H3;3-4H,1-2,5-10H2;7-10H,1-6H2;2*3H,1,4H2,2H3. The second kappa shape index (κ2) is 39.7. The highest BCUT2D eigenvalue weighted by molar-refractivity contribution is 5.82. The van der Waals surface area contributed by atoms with E-state index in [1.54, 1.807) is 52.4 Å². The van der Waals surface area contributed by atoms with Crippen molar-refractivity contribution in [1.82, 2.24) is 0 Å². The predicted octanol–water partition coefficient (Wildman–Crippen LogP) is 10.6. The molecule has 0 heterocycles. The molecule has 4 unspecified atom stereocenters. The molecule has 3 fully saturated rings. The summed E-state index contributed by atoms with van der Waals surface area (Å²) < 4.78 is 44.9. The fraction of sp³-hybridized carbons (Fsp3) is 0.492. The van der Waals surface area contributed by atoms with Gasteiger partial charge in [-0.05, 0) is 131 Å². The van der Waals surface area contributed by atoms with Gasteiger partial charge in [-0.1, -0.05) is 84.0 Å². The van der Waals surface area contributed by atoms with Gasteiger partial charge in [-0.25, -0.2) is 28.8 Å². The summed E-state index contributed by atoms with van der Waals surface area (Å²) in [4.78, 5) is 63.4. The molecule has 0 spiro atoms. The number of esters is 6. The molecule has 4 atom stereocenters. The molecule has 74 heavy (non-hydrogen) atoms. The molecule has 0 saturated heterocycles. The van der Waals surface area contributed by atoms with Crippen molar-refractivity contribution in [3.8, 4) is 11.5 Å². The van der Waals surface area contributed by atoms with Crippen molar-refractivity contribution in [2.75, 3.05) is 66.1 Å². The first kappa shape index (κ1) is 65.3. The van der Waals surface area contributed by atoms with Gasteiger partial charge in [-0.2, -0.15) is 0 Å². The van der Waals surface area contributed by atoms with Gasteiger partial charge in [0.1, 0.15) is 37.9 Å². The molecule has 0 aromatic heterocycles. The quantitative estimate of drug-likeness (QED) is 0.0339. The molecule has 5 rings (SSSR count). The third-order valence-corrected chi connectivity index (χ3v) is 12.2. The molecule has 2 aromatic rings. The minimum Gasteiger partial charge on any atom is -0.491 e. The van der Waals surface area contributed by atoms with Crippen molar-refractivity contribution >= 4 is 35.8 Å². The van der Waals surface area contributed by atoms with E-state index in [9.17, 15) is 28.8 Å². The van der Waals surface area contributed by atoms with Crippen molar-refractivity contribution in [2.24, 2.45) is 23.7 Å². The van der Waals surface area contributed by atoms with Crippen LogP contribution in [0.3, 0.4) is 0 Å². The second-order valence-corrected chi connectivity index (χ2v) is 17.4. The lowest BCUT2D eigenvalue weighted by Gasteiger charge is -2.26. The first-order valence-corrected chi connectivity index (χ1v) is 25.4. The van der Waals surface area contributed by atoms with E-state index in [1.165, 1.54) is 23.7 Å². The zero-order chi connectivity index (χ0) is 55.0. The highest BCUT2D eigenvalue weighted by Gasteiger charge is 2.48. The maximum absolute atomic E-state index is 11.0. The van der Waals surface area contributed by atoms with E-state index < -0.39 is 11.9 Å². The van der Waals surface area contributed by atoms with Gasteiger partial charge in [-0.3, -0.25) is 0 Å². The average molecular weight is 1030 g/mol. The van der Waals surface area contributed by atoms with E-state index in [1.807, 2.05) is 48.5 Å². The summed E-state index contributed by atoms with van der Waals surface area (Å²) in [5, 5.41) is 0. The minimum absolute atomic E-state index is 0.170. The van der Waals surface area contributed by atoms with Crippen molar-refractivity contribution in [2.45, 2.75) is 97.3 Å². The molecule has 3 aliphatic rings. The summed E-state index contributed by atoms with van der Waals surface area (Å²) in [6.07, 6.45) is 19.9. The second-order valence-electron chi connectivity index (χ2n) is 17.4. The largest absolute Gasteiger partial charge is 0.491 e. The van der Waals surface area contributed by atoms with Gasteiger partial charge < -0.3 is 42.6 Å². The Bertz CT molecular complexity index is 1960. The van der Waals surface area contributed by atoms with Gasteiger partial charge in [0.05, 0.1) is 39.6 Å². The summed E-state index contributed by atoms with van der Waals surface area (Å²) in [6, 6.07) is 15.8. The van der Waals surface area contributed by atoms with Crippen LogP contribution in [0.2, 0.25) is 0 Å². The zero-order valence-corrected chi connectivity index (χ0v) is 44.4. The summed E-state index contributed by atoms with van der Waals surface area (Å²) in [6.45, 7) is 30.9. The molecule has 3 aliphatic carbocycles. The number of carbonyl (C=O) groups excluding carboxylic acids is 6. The number of hydrogen-bond acceptors (Lipinski definition) is 15. The first-order chi connectivity index (χ1) is 35.6. The molecule has 0 N–H and O–H groups in total. The topological polar surface area (TPSA) is 185 Å². The van der Waals surface area contributed by atoms with Gasteiger partial charge >= 0.3 is 35.8 Å². The SMILES string of the molecule is C1CC2C3CCC(C3)C2C1.C=CC(=O)OCC.C=CC(=O)OCC.C=CC(=O)OCCCCCCOC(=O)C=C.C=CC(=O)OCCOCCOc1ccc(C(C)(C)c2ccc(OCCOC(=O)C=C)cc2)cc1. The van der Waals surface area contributed by atoms with Crippen LogP contribution < -0.4 is 9.47 Å². The Morgan fingerprint density at radius 3 is 1.12 bits per heavy atom. The molecule has 15 heteroatoms. The average Bonchev–Trinajstić information content (AvgIpc) is 4.19. The molecular weight excluding hydrogens is 949 g/mol. The van der Waals surface area contributed by atoms with Crippen molar-refractivity contribution in [3.63, 3.8) is 0 Å². The maximum atomic E-state index is 11.0. The number of ether oxygens (including phenoxy) is 9. The Hall–Kier alpha value is -6.74. The fourth-order valence-corrected chi connectivity index (χ4v) is 8.49. The van der Waals surface area contributed by atoms with Gasteiger partial charge in [0, 0.05) is 41.9 Å². The number of rotatable bonds is 28. The van der Waals surface area contributed by atoms with Crippen LogP contribution in [0.25, 0.3) is 0 Å². The molecule has 408 valence electrons. The lowest BCUT2D eigenvalue weighted by atomic mass is 9.78. The number of benzene rings is 2. The number of carbonyl (C=O) groups is 6. The van der Waals surface area contributed by atoms with Crippen LogP contribution in [0, 0.1) is 23.7 Å². The molecule has 0 amide bonds. The normalized spacial score (nSPS) is 16.2. The predicted molar refractivity (Wildman–Crippen MR) is 285 cm³/mol. The highest BCUT2D eigenvalue weighted by Crippen LogP contribution is 2.58. The number of fused-ring (bicyclic) bond motifs is 5. The summed E-state index contributed by atoms with van der Waals surface area (Å²) in [5.74, 6) is 3.84.